The molecule has 0 spiro atoms. The Bertz CT molecular complexity index is 1220. The molecule has 0 saturated carbocycles. The molecule has 1 N–H and O–H groups in total. The Hall–Kier alpha value is -3.14. The molecule has 0 atom stereocenters. The van der Waals surface area contributed by atoms with E-state index < -0.39 is 7.12 Å². The molecule has 5 nitrogen and oxygen atoms in total. The van der Waals surface area contributed by atoms with E-state index >= 15 is 0 Å². The van der Waals surface area contributed by atoms with E-state index in [0.717, 1.165) is 27.8 Å². The second kappa shape index (κ2) is 7.53. The van der Waals surface area contributed by atoms with Crippen molar-refractivity contribution in [1.29, 1.82) is 5.26 Å². The molecule has 31 heavy (non-hydrogen) atoms. The lowest BCUT2D eigenvalue weighted by molar-refractivity contribution is 0.00578. The Morgan fingerprint density at radius 1 is 0.903 bits per heavy atom. The minimum absolute atomic E-state index is 0.126. The number of nitrogens with one attached hydrogen (secondary N) is 1. The highest BCUT2D eigenvalue weighted by molar-refractivity contribution is 6.62. The molecule has 0 unspecified atom stereocenters. The summed E-state index contributed by atoms with van der Waals surface area (Å²) < 4.78 is 12.4. The smallest absolute Gasteiger partial charge is 0.399 e. The fourth-order valence-electron chi connectivity index (χ4n) is 3.71. The molecule has 0 amide bonds. The first-order valence-electron chi connectivity index (χ1n) is 10.3. The lowest BCUT2D eigenvalue weighted by Crippen LogP contribution is -2.41. The van der Waals surface area contributed by atoms with Crippen LogP contribution in [0.1, 0.15) is 39.0 Å². The molecule has 0 bridgehead atoms. The molecule has 2 aromatic carbocycles. The predicted molar refractivity (Wildman–Crippen MR) is 123 cm³/mol. The van der Waals surface area contributed by atoms with Gasteiger partial charge in [0.25, 0.3) is 5.56 Å². The highest BCUT2D eigenvalue weighted by atomic mass is 16.7. The third-order valence-corrected chi connectivity index (χ3v) is 6.22. The zero-order valence-electron chi connectivity index (χ0n) is 18.4. The van der Waals surface area contributed by atoms with Crippen LogP contribution in [0.15, 0.2) is 59.4 Å². The average molecular weight is 412 g/mol. The molecule has 1 aromatic heterocycles. The highest BCUT2D eigenvalue weighted by Gasteiger charge is 2.51. The van der Waals surface area contributed by atoms with Gasteiger partial charge in [-0.3, -0.25) is 4.79 Å². The van der Waals surface area contributed by atoms with E-state index in [4.69, 9.17) is 9.31 Å². The van der Waals surface area contributed by atoms with Gasteiger partial charge < -0.3 is 14.3 Å². The Kier molecular flexibility index (Phi) is 5.13. The van der Waals surface area contributed by atoms with Crippen molar-refractivity contribution in [2.45, 2.75) is 45.8 Å². The van der Waals surface area contributed by atoms with Crippen LogP contribution in [0.25, 0.3) is 22.3 Å². The maximum atomic E-state index is 12.1. The van der Waals surface area contributed by atoms with Crippen LogP contribution < -0.4 is 11.0 Å². The fourth-order valence-corrected chi connectivity index (χ4v) is 3.71. The van der Waals surface area contributed by atoms with Crippen molar-refractivity contribution < 1.29 is 9.31 Å². The topological polar surface area (TPSA) is 75.1 Å². The minimum Gasteiger partial charge on any atom is -0.399 e. The molecule has 3 aromatic rings. The summed E-state index contributed by atoms with van der Waals surface area (Å²) in [5.74, 6) is 0. The van der Waals surface area contributed by atoms with Gasteiger partial charge in [0.2, 0.25) is 0 Å². The van der Waals surface area contributed by atoms with Crippen molar-refractivity contribution >= 4 is 12.6 Å². The van der Waals surface area contributed by atoms with Crippen molar-refractivity contribution in [3.63, 3.8) is 0 Å². The van der Waals surface area contributed by atoms with Crippen LogP contribution in [0, 0.1) is 18.3 Å². The zero-order valence-corrected chi connectivity index (χ0v) is 18.4. The molecule has 156 valence electrons. The molecular weight excluding hydrogens is 387 g/mol. The van der Waals surface area contributed by atoms with Crippen LogP contribution in [0.2, 0.25) is 0 Å². The molecule has 6 heteroatoms. The lowest BCUT2D eigenvalue weighted by atomic mass is 9.78. The van der Waals surface area contributed by atoms with Crippen LogP contribution in [-0.2, 0) is 9.31 Å². The van der Waals surface area contributed by atoms with Gasteiger partial charge in [-0.1, -0.05) is 48.5 Å². The standard InChI is InChI=1S/C25H25BN2O3/c1-16-13-21(22(15-27)23(29)28-16)18-11-9-17(10-12-18)19-7-6-8-20(14-19)26-30-24(2,3)25(4,5)31-26/h6-14H,1-5H3,(H,28,29). The van der Waals surface area contributed by atoms with Crippen LogP contribution >= 0.6 is 0 Å². The van der Waals surface area contributed by atoms with Gasteiger partial charge in [0.15, 0.2) is 0 Å². The van der Waals surface area contributed by atoms with E-state index in [1.54, 1.807) is 0 Å². The number of pyridine rings is 1. The summed E-state index contributed by atoms with van der Waals surface area (Å²) in [6.07, 6.45) is 0. The molecule has 0 aliphatic carbocycles. The van der Waals surface area contributed by atoms with Crippen molar-refractivity contribution in [2.75, 3.05) is 0 Å². The third-order valence-electron chi connectivity index (χ3n) is 6.22. The molecule has 1 aliphatic heterocycles. The molecular formula is C25H25BN2O3. The van der Waals surface area contributed by atoms with Crippen molar-refractivity contribution in [1.82, 2.24) is 4.98 Å². The Morgan fingerprint density at radius 3 is 2.13 bits per heavy atom. The quantitative estimate of drug-likeness (QED) is 0.655. The van der Waals surface area contributed by atoms with Crippen LogP contribution in [0.5, 0.6) is 0 Å². The van der Waals surface area contributed by atoms with Crippen LogP contribution in [0.4, 0.5) is 0 Å². The molecule has 1 fully saturated rings. The Labute approximate surface area is 182 Å². The van der Waals surface area contributed by atoms with Gasteiger partial charge in [0, 0.05) is 11.3 Å². The first kappa shape index (κ1) is 21.1. The number of rotatable bonds is 3. The predicted octanol–water partition coefficient (Wildman–Crippen LogP) is 4.19. The van der Waals surface area contributed by atoms with Gasteiger partial charge >= 0.3 is 7.12 Å². The van der Waals surface area contributed by atoms with Crippen molar-refractivity contribution in [3.8, 4) is 28.3 Å². The molecule has 0 radical (unpaired) electrons. The van der Waals surface area contributed by atoms with Crippen LogP contribution in [0.3, 0.4) is 0 Å². The van der Waals surface area contributed by atoms with Gasteiger partial charge in [-0.25, -0.2) is 0 Å². The van der Waals surface area contributed by atoms with Gasteiger partial charge in [-0.2, -0.15) is 5.26 Å². The molecule has 4 rings (SSSR count). The maximum Gasteiger partial charge on any atom is 0.494 e. The van der Waals surface area contributed by atoms with E-state index in [1.807, 2.05) is 89.2 Å². The summed E-state index contributed by atoms with van der Waals surface area (Å²) in [5, 5.41) is 9.40. The maximum absolute atomic E-state index is 12.1. The highest BCUT2D eigenvalue weighted by Crippen LogP contribution is 2.36. The monoisotopic (exact) mass is 412 g/mol. The number of nitriles is 1. The summed E-state index contributed by atoms with van der Waals surface area (Å²) in [6, 6.07) is 19.8. The SMILES string of the molecule is Cc1cc(-c2ccc(-c3cccc(B4OC(C)(C)C(C)(C)O4)c3)cc2)c(C#N)c(=O)[nH]1. The summed E-state index contributed by atoms with van der Waals surface area (Å²) in [4.78, 5) is 14.8. The van der Waals surface area contributed by atoms with Gasteiger partial charge in [-0.05, 0) is 62.8 Å². The molecule has 1 aliphatic rings. The second-order valence-electron chi connectivity index (χ2n) is 8.97. The average Bonchev–Trinajstić information content (AvgIpc) is 2.95. The summed E-state index contributed by atoms with van der Waals surface area (Å²) in [7, 11) is -0.415. The summed E-state index contributed by atoms with van der Waals surface area (Å²) in [5.41, 5.74) is 4.22. The largest absolute Gasteiger partial charge is 0.494 e. The van der Waals surface area contributed by atoms with E-state index in [-0.39, 0.29) is 22.3 Å². The lowest BCUT2D eigenvalue weighted by Gasteiger charge is -2.32. The zero-order chi connectivity index (χ0) is 22.4. The number of nitrogens with zero attached hydrogens (tertiary/aromatic N) is 1. The Balaban J connectivity index is 1.66. The third kappa shape index (κ3) is 3.83. The minimum atomic E-state index is -0.415. The summed E-state index contributed by atoms with van der Waals surface area (Å²) >= 11 is 0. The van der Waals surface area contributed by atoms with Gasteiger partial charge in [0.1, 0.15) is 11.6 Å². The fraction of sp³-hybridized carbons (Fsp3) is 0.280. The van der Waals surface area contributed by atoms with Crippen LogP contribution in [-0.4, -0.2) is 23.3 Å². The van der Waals surface area contributed by atoms with Gasteiger partial charge in [0.05, 0.1) is 11.2 Å². The van der Waals surface area contributed by atoms with Crippen molar-refractivity contribution in [2.24, 2.45) is 0 Å². The first-order chi connectivity index (χ1) is 14.6. The Morgan fingerprint density at radius 2 is 1.52 bits per heavy atom. The van der Waals surface area contributed by atoms with E-state index in [1.165, 1.54) is 0 Å². The number of aryl methyl sites for hydroxylation is 1. The van der Waals surface area contributed by atoms with Gasteiger partial charge in [-0.15, -0.1) is 0 Å². The summed E-state index contributed by atoms with van der Waals surface area (Å²) in [6.45, 7) is 9.98. The number of hydrogen-bond donors (Lipinski definition) is 1. The van der Waals surface area contributed by atoms with E-state index in [2.05, 4.69) is 11.1 Å². The van der Waals surface area contributed by atoms with E-state index in [0.29, 0.717) is 5.56 Å². The molecule has 1 saturated heterocycles. The second-order valence-corrected chi connectivity index (χ2v) is 8.97. The number of aromatic amines is 1. The first-order valence-corrected chi connectivity index (χ1v) is 10.3. The van der Waals surface area contributed by atoms with Crippen molar-refractivity contribution in [3.05, 3.63) is 76.2 Å². The molecule has 2 heterocycles. The number of H-pyrrole nitrogens is 1. The number of benzene rings is 2. The number of aromatic nitrogens is 1. The number of hydrogen-bond acceptors (Lipinski definition) is 4. The normalized spacial score (nSPS) is 16.8. The van der Waals surface area contributed by atoms with E-state index in [9.17, 15) is 10.1 Å².